The molecule has 0 radical (unpaired) electrons. The number of anilines is 1. The van der Waals surface area contributed by atoms with E-state index in [0.29, 0.717) is 5.69 Å². The Morgan fingerprint density at radius 2 is 1.86 bits per heavy atom. The smallest absolute Gasteiger partial charge is 0.244 e. The summed E-state index contributed by atoms with van der Waals surface area (Å²) in [6.07, 6.45) is 0.129. The maximum atomic E-state index is 11.9. The number of hydrogen-bond donors (Lipinski definition) is 4. The summed E-state index contributed by atoms with van der Waals surface area (Å²) < 4.78 is 2.07. The van der Waals surface area contributed by atoms with Crippen LogP contribution in [0.25, 0.3) is 0 Å². The minimum absolute atomic E-state index is 0.205. The van der Waals surface area contributed by atoms with E-state index in [4.69, 9.17) is 10.2 Å². The molecule has 1 heterocycles. The van der Waals surface area contributed by atoms with Gasteiger partial charge in [0.1, 0.15) is 6.54 Å². The van der Waals surface area contributed by atoms with E-state index in [2.05, 4.69) is 21.2 Å². The fourth-order valence-corrected chi connectivity index (χ4v) is 2.08. The van der Waals surface area contributed by atoms with E-state index in [0.717, 1.165) is 16.9 Å². The fraction of sp³-hybridized carbons (Fsp3) is 0.143. The van der Waals surface area contributed by atoms with Gasteiger partial charge in [0, 0.05) is 16.4 Å². The molecule has 2 rings (SSSR count). The second-order valence-corrected chi connectivity index (χ2v) is 5.44. The van der Waals surface area contributed by atoms with Gasteiger partial charge < -0.3 is 25.2 Å². The SMILES string of the molecule is O=C(Cn1cc(O)c(=O)c(C(O)O)c1)Nc1ccc(Br)cc1. The number of rotatable bonds is 4. The van der Waals surface area contributed by atoms with Gasteiger partial charge in [0.05, 0.1) is 11.8 Å². The molecule has 1 aromatic carbocycles. The molecule has 0 unspecified atom stereocenters. The molecule has 0 fully saturated rings. The molecule has 8 heteroatoms. The van der Waals surface area contributed by atoms with E-state index in [1.807, 2.05) is 0 Å². The van der Waals surface area contributed by atoms with E-state index < -0.39 is 28.9 Å². The Morgan fingerprint density at radius 3 is 2.45 bits per heavy atom. The maximum absolute atomic E-state index is 11.9. The molecule has 1 aromatic heterocycles. The summed E-state index contributed by atoms with van der Waals surface area (Å²) in [4.78, 5) is 23.4. The number of nitrogens with zero attached hydrogens (tertiary/aromatic N) is 1. The molecule has 0 atom stereocenters. The number of amides is 1. The van der Waals surface area contributed by atoms with Crippen LogP contribution < -0.4 is 10.7 Å². The van der Waals surface area contributed by atoms with E-state index >= 15 is 0 Å². The predicted octanol–water partition coefficient (Wildman–Crippen LogP) is 0.938. The van der Waals surface area contributed by atoms with Crippen molar-refractivity contribution in [2.75, 3.05) is 5.32 Å². The molecule has 0 saturated heterocycles. The van der Waals surface area contributed by atoms with Crippen LogP contribution in [0.1, 0.15) is 11.9 Å². The van der Waals surface area contributed by atoms with Crippen molar-refractivity contribution in [2.24, 2.45) is 0 Å². The molecule has 0 aliphatic carbocycles. The highest BCUT2D eigenvalue weighted by molar-refractivity contribution is 9.10. The second-order valence-electron chi connectivity index (χ2n) is 4.53. The number of aromatic nitrogens is 1. The first-order valence-electron chi connectivity index (χ1n) is 6.21. The molecule has 22 heavy (non-hydrogen) atoms. The van der Waals surface area contributed by atoms with E-state index in [-0.39, 0.29) is 6.54 Å². The third-order valence-corrected chi connectivity index (χ3v) is 3.35. The third-order valence-electron chi connectivity index (χ3n) is 2.82. The summed E-state index contributed by atoms with van der Waals surface area (Å²) in [6, 6.07) is 6.93. The van der Waals surface area contributed by atoms with E-state index in [9.17, 15) is 14.7 Å². The second kappa shape index (κ2) is 6.73. The van der Waals surface area contributed by atoms with Gasteiger partial charge >= 0.3 is 0 Å². The third kappa shape index (κ3) is 3.94. The van der Waals surface area contributed by atoms with Gasteiger partial charge in [-0.2, -0.15) is 0 Å². The van der Waals surface area contributed by atoms with Crippen LogP contribution in [0.15, 0.2) is 45.9 Å². The lowest BCUT2D eigenvalue weighted by Gasteiger charge is -2.11. The number of carbonyl (C=O) groups excluding carboxylic acids is 1. The number of aliphatic hydroxyl groups excluding tert-OH is 1. The molecule has 0 saturated carbocycles. The van der Waals surface area contributed by atoms with Crippen molar-refractivity contribution in [3.63, 3.8) is 0 Å². The normalized spacial score (nSPS) is 10.7. The highest BCUT2D eigenvalue weighted by atomic mass is 79.9. The summed E-state index contributed by atoms with van der Waals surface area (Å²) in [5.74, 6) is -1.06. The number of aliphatic hydroxyl groups is 2. The van der Waals surface area contributed by atoms with Crippen molar-refractivity contribution < 1.29 is 20.1 Å². The predicted molar refractivity (Wildman–Crippen MR) is 82.3 cm³/mol. The Balaban J connectivity index is 2.14. The molecule has 2 aromatic rings. The van der Waals surface area contributed by atoms with Crippen LogP contribution in [-0.2, 0) is 11.3 Å². The van der Waals surface area contributed by atoms with Crippen LogP contribution >= 0.6 is 15.9 Å². The van der Waals surface area contributed by atoms with E-state index in [1.54, 1.807) is 24.3 Å². The van der Waals surface area contributed by atoms with Crippen molar-refractivity contribution in [1.82, 2.24) is 4.57 Å². The highest BCUT2D eigenvalue weighted by Gasteiger charge is 2.14. The van der Waals surface area contributed by atoms with Gasteiger partial charge in [0.25, 0.3) is 0 Å². The topological polar surface area (TPSA) is 112 Å². The van der Waals surface area contributed by atoms with Gasteiger partial charge in [-0.25, -0.2) is 0 Å². The Morgan fingerprint density at radius 1 is 1.23 bits per heavy atom. The maximum Gasteiger partial charge on any atom is 0.244 e. The molecule has 4 N–H and O–H groups in total. The van der Waals surface area contributed by atoms with Gasteiger partial charge in [-0.05, 0) is 24.3 Å². The fourth-order valence-electron chi connectivity index (χ4n) is 1.81. The molecule has 0 bridgehead atoms. The Labute approximate surface area is 133 Å². The summed E-state index contributed by atoms with van der Waals surface area (Å²) >= 11 is 3.28. The standard InChI is InChI=1S/C14H13BrN2O5/c15-8-1-3-9(4-2-8)16-12(19)7-17-5-10(14(21)22)13(20)11(18)6-17/h1-6,14,18,21-22H,7H2,(H,16,19). The van der Waals surface area contributed by atoms with Gasteiger partial charge in [0.2, 0.25) is 11.3 Å². The molecule has 1 amide bonds. The number of aromatic hydroxyl groups is 1. The van der Waals surface area contributed by atoms with Crippen LogP contribution in [0.2, 0.25) is 0 Å². The lowest BCUT2D eigenvalue weighted by molar-refractivity contribution is -0.116. The van der Waals surface area contributed by atoms with Crippen molar-refractivity contribution in [1.29, 1.82) is 0 Å². The van der Waals surface area contributed by atoms with Crippen LogP contribution in [0.5, 0.6) is 5.75 Å². The Bertz CT molecular complexity index is 740. The molecule has 0 spiro atoms. The van der Waals surface area contributed by atoms with Gasteiger partial charge in [-0.3, -0.25) is 9.59 Å². The zero-order chi connectivity index (χ0) is 16.3. The molecule has 116 valence electrons. The number of benzene rings is 1. The Hall–Kier alpha value is -2.16. The van der Waals surface area contributed by atoms with Gasteiger partial charge in [0.15, 0.2) is 12.0 Å². The largest absolute Gasteiger partial charge is 0.503 e. The summed E-state index contributed by atoms with van der Waals surface area (Å²) in [5.41, 5.74) is -0.711. The molecular weight excluding hydrogens is 356 g/mol. The first kappa shape index (κ1) is 16.2. The minimum Gasteiger partial charge on any atom is -0.503 e. The van der Waals surface area contributed by atoms with Crippen LogP contribution in [0, 0.1) is 0 Å². The van der Waals surface area contributed by atoms with Crippen LogP contribution in [0.4, 0.5) is 5.69 Å². The molecule has 0 aliphatic heterocycles. The van der Waals surface area contributed by atoms with Crippen molar-refractivity contribution in [2.45, 2.75) is 12.8 Å². The van der Waals surface area contributed by atoms with Gasteiger partial charge in [-0.15, -0.1) is 0 Å². The van der Waals surface area contributed by atoms with Gasteiger partial charge in [-0.1, -0.05) is 15.9 Å². The average molecular weight is 369 g/mol. The van der Waals surface area contributed by atoms with E-state index in [1.165, 1.54) is 4.57 Å². The summed E-state index contributed by atoms with van der Waals surface area (Å²) in [6.45, 7) is -0.205. The number of halogens is 1. The zero-order valence-corrected chi connectivity index (χ0v) is 12.8. The monoisotopic (exact) mass is 368 g/mol. The lowest BCUT2D eigenvalue weighted by atomic mass is 10.2. The van der Waals surface area contributed by atoms with Crippen molar-refractivity contribution >= 4 is 27.5 Å². The van der Waals surface area contributed by atoms with Crippen molar-refractivity contribution in [3.8, 4) is 5.75 Å². The number of pyridine rings is 1. The zero-order valence-electron chi connectivity index (χ0n) is 11.2. The molecule has 0 aliphatic rings. The van der Waals surface area contributed by atoms with Crippen LogP contribution in [0.3, 0.4) is 0 Å². The molecule has 7 nitrogen and oxygen atoms in total. The molecular formula is C14H13BrN2O5. The first-order chi connectivity index (χ1) is 10.4. The number of carbonyl (C=O) groups is 1. The minimum atomic E-state index is -2.03. The first-order valence-corrected chi connectivity index (χ1v) is 7.00. The average Bonchev–Trinajstić information content (AvgIpc) is 2.44. The summed E-state index contributed by atoms with van der Waals surface area (Å²) in [5, 5.41) is 30.3. The quantitative estimate of drug-likeness (QED) is 0.600. The van der Waals surface area contributed by atoms with Crippen molar-refractivity contribution in [3.05, 3.63) is 56.9 Å². The number of hydrogen-bond acceptors (Lipinski definition) is 5. The highest BCUT2D eigenvalue weighted by Crippen LogP contribution is 2.14. The number of nitrogens with one attached hydrogen (secondary N) is 1. The summed E-state index contributed by atoms with van der Waals surface area (Å²) in [7, 11) is 0. The van der Waals surface area contributed by atoms with Crippen LogP contribution in [-0.4, -0.2) is 25.8 Å². The Kier molecular flexibility index (Phi) is 4.96. The lowest BCUT2D eigenvalue weighted by Crippen LogP contribution is -2.22.